The Morgan fingerprint density at radius 1 is 1.10 bits per heavy atom. The van der Waals surface area contributed by atoms with Crippen molar-refractivity contribution in [2.75, 3.05) is 45.7 Å². The lowest BCUT2D eigenvalue weighted by Crippen LogP contribution is -2.46. The zero-order valence-electron chi connectivity index (χ0n) is 18.5. The number of hydrogen-bond acceptors (Lipinski definition) is 6. The van der Waals surface area contributed by atoms with Crippen molar-refractivity contribution < 1.29 is 9.53 Å². The summed E-state index contributed by atoms with van der Waals surface area (Å²) in [4.78, 5) is 19.7. The quantitative estimate of drug-likeness (QED) is 0.567. The van der Waals surface area contributed by atoms with Crippen LogP contribution >= 0.6 is 22.7 Å². The topological polar surface area (TPSA) is 44.8 Å². The van der Waals surface area contributed by atoms with E-state index in [1.54, 1.807) is 18.4 Å². The first-order valence-electron chi connectivity index (χ1n) is 10.5. The first-order valence-corrected chi connectivity index (χ1v) is 12.2. The molecular weight excluding hydrogens is 426 g/mol. The second-order valence-corrected chi connectivity index (χ2v) is 10.1. The average molecular weight is 456 g/mol. The highest BCUT2D eigenvalue weighted by Gasteiger charge is 2.32. The van der Waals surface area contributed by atoms with Gasteiger partial charge >= 0.3 is 0 Å². The van der Waals surface area contributed by atoms with Crippen LogP contribution in [0.1, 0.15) is 37.3 Å². The minimum absolute atomic E-state index is 0.0217. The van der Waals surface area contributed by atoms with Crippen LogP contribution in [0.3, 0.4) is 0 Å². The molecule has 1 N–H and O–H groups in total. The fourth-order valence-corrected chi connectivity index (χ4v) is 5.85. The van der Waals surface area contributed by atoms with Gasteiger partial charge in [-0.2, -0.15) is 0 Å². The largest absolute Gasteiger partial charge is 0.496 e. The van der Waals surface area contributed by atoms with E-state index in [1.165, 1.54) is 27.3 Å². The fraction of sp³-hybridized carbons (Fsp3) is 0.375. The molecule has 0 unspecified atom stereocenters. The minimum atomic E-state index is -0.0466. The van der Waals surface area contributed by atoms with Crippen LogP contribution < -0.4 is 10.1 Å². The van der Waals surface area contributed by atoms with Gasteiger partial charge in [0.15, 0.2) is 0 Å². The van der Waals surface area contributed by atoms with Crippen molar-refractivity contribution in [3.63, 3.8) is 0 Å². The van der Waals surface area contributed by atoms with E-state index in [1.807, 2.05) is 29.6 Å². The SMILES string of the molecule is COc1ccccc1[C@H](c1c(NC(=O)c2cccs2)sc(C)c1C)N1CCN(C)CC1. The molecule has 7 heteroatoms. The number of nitrogens with one attached hydrogen (secondary N) is 1. The highest BCUT2D eigenvalue weighted by molar-refractivity contribution is 7.17. The Balaban J connectivity index is 1.80. The van der Waals surface area contributed by atoms with Crippen LogP contribution in [0.15, 0.2) is 41.8 Å². The number of ether oxygens (including phenoxy) is 1. The van der Waals surface area contributed by atoms with E-state index in [2.05, 4.69) is 48.1 Å². The molecule has 0 bridgehead atoms. The van der Waals surface area contributed by atoms with Crippen LogP contribution in [-0.2, 0) is 0 Å². The number of thiophene rings is 2. The van der Waals surface area contributed by atoms with E-state index in [4.69, 9.17) is 4.74 Å². The predicted octanol–water partition coefficient (Wildman–Crippen LogP) is 5.02. The monoisotopic (exact) mass is 455 g/mol. The molecule has 0 spiro atoms. The number of likely N-dealkylation sites (N-methyl/N-ethyl adjacent to an activating group) is 1. The summed E-state index contributed by atoms with van der Waals surface area (Å²) in [6, 6.07) is 12.1. The molecule has 1 aromatic carbocycles. The summed E-state index contributed by atoms with van der Waals surface area (Å²) >= 11 is 3.13. The van der Waals surface area contributed by atoms with Crippen LogP contribution in [0.4, 0.5) is 5.00 Å². The number of piperazine rings is 1. The summed E-state index contributed by atoms with van der Waals surface area (Å²) in [6.07, 6.45) is 0. The molecule has 3 heterocycles. The highest BCUT2D eigenvalue weighted by atomic mass is 32.1. The third-order valence-corrected chi connectivity index (χ3v) is 8.02. The summed E-state index contributed by atoms with van der Waals surface area (Å²) in [5, 5.41) is 6.09. The smallest absolute Gasteiger partial charge is 0.266 e. The molecule has 1 aliphatic rings. The normalized spacial score (nSPS) is 16.3. The molecule has 1 fully saturated rings. The van der Waals surface area contributed by atoms with Gasteiger partial charge in [0.2, 0.25) is 0 Å². The summed E-state index contributed by atoms with van der Waals surface area (Å²) in [5.74, 6) is 0.833. The van der Waals surface area contributed by atoms with Gasteiger partial charge in [0.25, 0.3) is 5.91 Å². The third kappa shape index (κ3) is 4.55. The van der Waals surface area contributed by atoms with Crippen LogP contribution in [-0.4, -0.2) is 56.0 Å². The van der Waals surface area contributed by atoms with E-state index in [0.29, 0.717) is 0 Å². The zero-order valence-corrected chi connectivity index (χ0v) is 20.1. The van der Waals surface area contributed by atoms with Crippen molar-refractivity contribution >= 4 is 33.6 Å². The predicted molar refractivity (Wildman–Crippen MR) is 130 cm³/mol. The maximum Gasteiger partial charge on any atom is 0.266 e. The second-order valence-electron chi connectivity index (χ2n) is 7.94. The van der Waals surface area contributed by atoms with Crippen molar-refractivity contribution in [3.8, 4) is 5.75 Å². The standard InChI is InChI=1S/C24H29N3O2S2/c1-16-17(2)31-24(25-23(28)20-10-7-15-30-20)21(16)22(27-13-11-26(3)12-14-27)18-8-5-6-9-19(18)29-4/h5-10,15,22H,11-14H2,1-4H3,(H,25,28)/t22-/m1/s1. The Hall–Kier alpha value is -2.19. The molecule has 1 amide bonds. The van der Waals surface area contributed by atoms with Crippen molar-refractivity contribution in [1.82, 2.24) is 9.80 Å². The summed E-state index contributed by atoms with van der Waals surface area (Å²) in [6.45, 7) is 8.27. The Kier molecular flexibility index (Phi) is 6.77. The maximum absolute atomic E-state index is 12.9. The first kappa shape index (κ1) is 22.0. The lowest BCUT2D eigenvalue weighted by Gasteiger charge is -2.39. The molecule has 1 atom stereocenters. The Morgan fingerprint density at radius 2 is 1.84 bits per heavy atom. The number of aryl methyl sites for hydroxylation is 1. The Bertz CT molecular complexity index is 1040. The van der Waals surface area contributed by atoms with Crippen LogP contribution in [0.5, 0.6) is 5.75 Å². The molecule has 2 aromatic heterocycles. The van der Waals surface area contributed by atoms with Gasteiger partial charge in [-0.1, -0.05) is 24.3 Å². The van der Waals surface area contributed by atoms with E-state index >= 15 is 0 Å². The summed E-state index contributed by atoms with van der Waals surface area (Å²) in [5.41, 5.74) is 3.56. The van der Waals surface area contributed by atoms with Crippen LogP contribution in [0.25, 0.3) is 0 Å². The number of carbonyl (C=O) groups is 1. The molecule has 31 heavy (non-hydrogen) atoms. The number of para-hydroxylation sites is 1. The number of amides is 1. The second kappa shape index (κ2) is 9.53. The van der Waals surface area contributed by atoms with E-state index < -0.39 is 0 Å². The van der Waals surface area contributed by atoms with Crippen LogP contribution in [0, 0.1) is 13.8 Å². The van der Waals surface area contributed by atoms with Crippen molar-refractivity contribution in [1.29, 1.82) is 0 Å². The lowest BCUT2D eigenvalue weighted by molar-refractivity contribution is 0.103. The lowest BCUT2D eigenvalue weighted by atomic mass is 9.93. The number of carbonyl (C=O) groups excluding carboxylic acids is 1. The van der Waals surface area contributed by atoms with Gasteiger partial charge in [-0.3, -0.25) is 9.69 Å². The Morgan fingerprint density at radius 3 is 2.52 bits per heavy atom. The molecule has 3 aromatic rings. The van der Waals surface area contributed by atoms with E-state index in [-0.39, 0.29) is 11.9 Å². The molecule has 4 rings (SSSR count). The number of benzene rings is 1. The zero-order chi connectivity index (χ0) is 22.0. The highest BCUT2D eigenvalue weighted by Crippen LogP contribution is 2.44. The molecule has 0 radical (unpaired) electrons. The molecule has 1 aliphatic heterocycles. The van der Waals surface area contributed by atoms with E-state index in [0.717, 1.165) is 47.4 Å². The number of rotatable bonds is 6. The van der Waals surface area contributed by atoms with Gasteiger partial charge < -0.3 is 15.0 Å². The van der Waals surface area contributed by atoms with Gasteiger partial charge in [-0.25, -0.2) is 0 Å². The number of nitrogens with zero attached hydrogens (tertiary/aromatic N) is 2. The molecule has 0 aliphatic carbocycles. The molecule has 1 saturated heterocycles. The van der Waals surface area contributed by atoms with Crippen molar-refractivity contribution in [2.45, 2.75) is 19.9 Å². The molecule has 164 valence electrons. The third-order valence-electron chi connectivity index (χ3n) is 6.01. The maximum atomic E-state index is 12.9. The van der Waals surface area contributed by atoms with E-state index in [9.17, 15) is 4.79 Å². The number of anilines is 1. The number of hydrogen-bond donors (Lipinski definition) is 1. The number of methoxy groups -OCH3 is 1. The van der Waals surface area contributed by atoms with Gasteiger partial charge in [-0.05, 0) is 44.0 Å². The molecule has 0 saturated carbocycles. The van der Waals surface area contributed by atoms with Crippen molar-refractivity contribution in [3.05, 3.63) is 68.2 Å². The summed E-state index contributed by atoms with van der Waals surface area (Å²) in [7, 11) is 3.90. The molecule has 5 nitrogen and oxygen atoms in total. The minimum Gasteiger partial charge on any atom is -0.496 e. The average Bonchev–Trinajstić information content (AvgIpc) is 3.40. The van der Waals surface area contributed by atoms with Gasteiger partial charge in [-0.15, -0.1) is 22.7 Å². The fourth-order valence-electron chi connectivity index (χ4n) is 4.15. The van der Waals surface area contributed by atoms with Crippen molar-refractivity contribution in [2.24, 2.45) is 0 Å². The van der Waals surface area contributed by atoms with Gasteiger partial charge in [0.1, 0.15) is 10.8 Å². The van der Waals surface area contributed by atoms with Crippen LogP contribution in [0.2, 0.25) is 0 Å². The molecular formula is C24H29N3O2S2. The first-order chi connectivity index (χ1) is 15.0. The summed E-state index contributed by atoms with van der Waals surface area (Å²) < 4.78 is 5.77. The van der Waals surface area contributed by atoms with Gasteiger partial charge in [0, 0.05) is 42.2 Å². The van der Waals surface area contributed by atoms with Gasteiger partial charge in [0.05, 0.1) is 18.0 Å². The Labute approximate surface area is 192 Å².